The van der Waals surface area contributed by atoms with Gasteiger partial charge in [-0.1, -0.05) is 18.2 Å². The SMILES string of the molecule is CN(C)C(=O)C(=O)NOC(=O)c1nc2n(c(=O)c1OC(=O)c1ccccc1)CC1CCC2CC1. The molecule has 3 aliphatic rings. The third-order valence-corrected chi connectivity index (χ3v) is 6.04. The van der Waals surface area contributed by atoms with Crippen LogP contribution in [0.3, 0.4) is 0 Å². The van der Waals surface area contributed by atoms with E-state index in [1.54, 1.807) is 23.7 Å². The fourth-order valence-electron chi connectivity index (χ4n) is 4.25. The largest absolute Gasteiger partial charge is 0.414 e. The standard InChI is InChI=1S/C23H24N4O7/c1-26(2)21(30)19(28)25-34-23(32)16-17(33-22(31)15-6-4-3-5-7-15)20(29)27-12-13-8-10-14(11-9-13)18(27)24-16/h3-7,13-14H,8-12H2,1-2H3,(H,25,28). The van der Waals surface area contributed by atoms with E-state index in [0.717, 1.165) is 30.6 Å². The Kier molecular flexibility index (Phi) is 6.44. The van der Waals surface area contributed by atoms with E-state index in [1.807, 2.05) is 0 Å². The molecule has 1 aromatic carbocycles. The van der Waals surface area contributed by atoms with E-state index in [4.69, 9.17) is 9.57 Å². The van der Waals surface area contributed by atoms with Crippen LogP contribution in [-0.2, 0) is 21.0 Å². The predicted octanol–water partition coefficient (Wildman–Crippen LogP) is 1.03. The minimum absolute atomic E-state index is 0.0261. The lowest BCUT2D eigenvalue weighted by atomic mass is 9.83. The van der Waals surface area contributed by atoms with Gasteiger partial charge in [0.1, 0.15) is 5.82 Å². The minimum Gasteiger partial charge on any atom is -0.414 e. The van der Waals surface area contributed by atoms with Gasteiger partial charge in [-0.25, -0.2) is 14.6 Å². The molecule has 0 unspecified atom stereocenters. The summed E-state index contributed by atoms with van der Waals surface area (Å²) in [5, 5.41) is 0. The Labute approximate surface area is 194 Å². The van der Waals surface area contributed by atoms with Crippen molar-refractivity contribution in [3.63, 3.8) is 0 Å². The first-order valence-corrected chi connectivity index (χ1v) is 10.9. The van der Waals surface area contributed by atoms with Crippen LogP contribution in [0.1, 0.15) is 58.3 Å². The second-order valence-corrected chi connectivity index (χ2v) is 8.56. The van der Waals surface area contributed by atoms with Gasteiger partial charge in [0.15, 0.2) is 0 Å². The van der Waals surface area contributed by atoms with Crippen molar-refractivity contribution in [3.05, 3.63) is 57.8 Å². The molecule has 1 saturated carbocycles. The number of hydrogen-bond acceptors (Lipinski definition) is 8. The molecule has 178 valence electrons. The summed E-state index contributed by atoms with van der Waals surface area (Å²) in [6.07, 6.45) is 3.50. The van der Waals surface area contributed by atoms with Crippen LogP contribution < -0.4 is 15.8 Å². The number of fused-ring (bicyclic) bond motifs is 2. The Morgan fingerprint density at radius 1 is 1.03 bits per heavy atom. The van der Waals surface area contributed by atoms with Crippen molar-refractivity contribution >= 4 is 23.8 Å². The van der Waals surface area contributed by atoms with Crippen molar-refractivity contribution in [1.29, 1.82) is 0 Å². The van der Waals surface area contributed by atoms with E-state index in [2.05, 4.69) is 4.98 Å². The average molecular weight is 468 g/mol. The maximum atomic E-state index is 13.4. The number of benzene rings is 1. The smallest absolute Gasteiger partial charge is 0.385 e. The molecule has 1 aromatic heterocycles. The Bertz CT molecular complexity index is 1200. The van der Waals surface area contributed by atoms with Crippen LogP contribution in [0.4, 0.5) is 0 Å². The van der Waals surface area contributed by atoms with Crippen LogP contribution in [0.25, 0.3) is 0 Å². The molecule has 2 amide bonds. The van der Waals surface area contributed by atoms with Gasteiger partial charge in [-0.2, -0.15) is 5.48 Å². The van der Waals surface area contributed by atoms with Gasteiger partial charge in [0, 0.05) is 26.6 Å². The first-order chi connectivity index (χ1) is 16.3. The second-order valence-electron chi connectivity index (χ2n) is 8.56. The molecule has 1 N–H and O–H groups in total. The molecule has 3 heterocycles. The van der Waals surface area contributed by atoms with E-state index in [0.29, 0.717) is 18.3 Å². The molecular weight excluding hydrogens is 444 g/mol. The molecule has 5 rings (SSSR count). The van der Waals surface area contributed by atoms with Crippen LogP contribution in [0, 0.1) is 5.92 Å². The summed E-state index contributed by atoms with van der Waals surface area (Å²) in [5.41, 5.74) is 0.714. The molecule has 2 bridgehead atoms. The number of carbonyl (C=O) groups excluding carboxylic acids is 4. The maximum Gasteiger partial charge on any atom is 0.385 e. The summed E-state index contributed by atoms with van der Waals surface area (Å²) in [6, 6.07) is 7.97. The maximum absolute atomic E-state index is 13.4. The quantitative estimate of drug-likeness (QED) is 0.401. The summed E-state index contributed by atoms with van der Waals surface area (Å²) < 4.78 is 6.82. The lowest BCUT2D eigenvalue weighted by molar-refractivity contribution is -0.149. The third-order valence-electron chi connectivity index (χ3n) is 6.04. The van der Waals surface area contributed by atoms with Gasteiger partial charge in [0.05, 0.1) is 5.56 Å². The molecule has 11 nitrogen and oxygen atoms in total. The summed E-state index contributed by atoms with van der Waals surface area (Å²) >= 11 is 0. The van der Waals surface area contributed by atoms with E-state index >= 15 is 0 Å². The highest BCUT2D eigenvalue weighted by molar-refractivity contribution is 6.34. The molecule has 2 aliphatic heterocycles. The van der Waals surface area contributed by atoms with E-state index in [1.165, 1.54) is 30.8 Å². The number of ether oxygens (including phenoxy) is 1. The number of hydrogen-bond donors (Lipinski definition) is 1. The number of amides is 2. The molecule has 0 saturated heterocycles. The molecule has 0 spiro atoms. The fraction of sp³-hybridized carbons (Fsp3) is 0.391. The van der Waals surface area contributed by atoms with Crippen molar-refractivity contribution in [2.45, 2.75) is 38.1 Å². The number of esters is 1. The summed E-state index contributed by atoms with van der Waals surface area (Å²) in [5.74, 6) is -4.11. The molecule has 1 aliphatic carbocycles. The Balaban J connectivity index is 1.71. The number of aromatic nitrogens is 2. The van der Waals surface area contributed by atoms with Crippen LogP contribution in [-0.4, -0.2) is 52.3 Å². The zero-order chi connectivity index (χ0) is 24.4. The summed E-state index contributed by atoms with van der Waals surface area (Å²) in [6.45, 7) is 0.414. The number of nitrogens with one attached hydrogen (secondary N) is 1. The Morgan fingerprint density at radius 3 is 2.35 bits per heavy atom. The monoisotopic (exact) mass is 468 g/mol. The molecule has 1 fully saturated rings. The topological polar surface area (TPSA) is 137 Å². The van der Waals surface area contributed by atoms with Crippen molar-refractivity contribution in [2.24, 2.45) is 5.92 Å². The van der Waals surface area contributed by atoms with Gasteiger partial charge in [-0.3, -0.25) is 19.0 Å². The molecule has 0 atom stereocenters. The Hall–Kier alpha value is -4.02. The van der Waals surface area contributed by atoms with Crippen LogP contribution in [0.5, 0.6) is 5.75 Å². The summed E-state index contributed by atoms with van der Waals surface area (Å²) in [4.78, 5) is 72.6. The Morgan fingerprint density at radius 2 is 1.71 bits per heavy atom. The predicted molar refractivity (Wildman–Crippen MR) is 117 cm³/mol. The van der Waals surface area contributed by atoms with Crippen LogP contribution in [0.15, 0.2) is 35.1 Å². The second kappa shape index (κ2) is 9.46. The van der Waals surface area contributed by atoms with Crippen molar-refractivity contribution < 1.29 is 28.8 Å². The lowest BCUT2D eigenvalue weighted by Crippen LogP contribution is -2.40. The zero-order valence-electron chi connectivity index (χ0n) is 18.8. The van der Waals surface area contributed by atoms with Crippen LogP contribution in [0.2, 0.25) is 0 Å². The van der Waals surface area contributed by atoms with Crippen molar-refractivity contribution in [3.8, 4) is 5.75 Å². The molecule has 2 aromatic rings. The highest BCUT2D eigenvalue weighted by atomic mass is 16.7. The van der Waals surface area contributed by atoms with Gasteiger partial charge < -0.3 is 14.5 Å². The van der Waals surface area contributed by atoms with Crippen LogP contribution >= 0.6 is 0 Å². The fourth-order valence-corrected chi connectivity index (χ4v) is 4.25. The van der Waals surface area contributed by atoms with Crippen molar-refractivity contribution in [1.82, 2.24) is 19.9 Å². The summed E-state index contributed by atoms with van der Waals surface area (Å²) in [7, 11) is 2.71. The van der Waals surface area contributed by atoms with Gasteiger partial charge in [-0.05, 0) is 43.7 Å². The molecule has 11 heteroatoms. The number of carbonyl (C=O) groups is 4. The average Bonchev–Trinajstić information content (AvgIpc) is 3.13. The molecule has 34 heavy (non-hydrogen) atoms. The van der Waals surface area contributed by atoms with Gasteiger partial charge in [-0.15, -0.1) is 0 Å². The number of rotatable bonds is 3. The zero-order valence-corrected chi connectivity index (χ0v) is 18.8. The van der Waals surface area contributed by atoms with Crippen molar-refractivity contribution in [2.75, 3.05) is 14.1 Å². The van der Waals surface area contributed by atoms with Gasteiger partial charge in [0.2, 0.25) is 11.4 Å². The molecule has 0 radical (unpaired) electrons. The van der Waals surface area contributed by atoms with Gasteiger partial charge in [0.25, 0.3) is 5.56 Å². The van der Waals surface area contributed by atoms with Gasteiger partial charge >= 0.3 is 23.8 Å². The van der Waals surface area contributed by atoms with E-state index in [-0.39, 0.29) is 11.5 Å². The van der Waals surface area contributed by atoms with E-state index < -0.39 is 40.8 Å². The highest BCUT2D eigenvalue weighted by Gasteiger charge is 2.35. The number of hydroxylamine groups is 1. The first-order valence-electron chi connectivity index (χ1n) is 10.9. The first kappa shape index (κ1) is 23.1. The number of likely N-dealkylation sites (N-methyl/N-ethyl adjacent to an activating group) is 1. The normalized spacial score (nSPS) is 18.3. The third kappa shape index (κ3) is 4.54. The van der Waals surface area contributed by atoms with E-state index in [9.17, 15) is 24.0 Å². The molecular formula is C23H24N4O7. The number of nitrogens with zero attached hydrogens (tertiary/aromatic N) is 3. The minimum atomic E-state index is -1.23. The highest BCUT2D eigenvalue weighted by Crippen LogP contribution is 2.39. The lowest BCUT2D eigenvalue weighted by Gasteiger charge is -2.21.